The van der Waals surface area contributed by atoms with E-state index < -0.39 is 91.6 Å². The molecule has 1 unspecified atom stereocenters. The third-order valence-corrected chi connectivity index (χ3v) is 7.65. The summed E-state index contributed by atoms with van der Waals surface area (Å²) in [5, 5.41) is 3.33. The van der Waals surface area contributed by atoms with Crippen LogP contribution in [0.4, 0.5) is 36.4 Å². The molecule has 4 rings (SSSR count). The van der Waals surface area contributed by atoms with Gasteiger partial charge in [0.05, 0.1) is 34.5 Å². The van der Waals surface area contributed by atoms with Crippen molar-refractivity contribution in [3.05, 3.63) is 53.7 Å². The smallest absolute Gasteiger partial charge is 0.406 e. The maximum absolute atomic E-state index is 15.1. The van der Waals surface area contributed by atoms with Gasteiger partial charge in [0.25, 0.3) is 5.89 Å². The fraction of sp³-hybridized carbons (Fsp3) is 0.318. The summed E-state index contributed by atoms with van der Waals surface area (Å²) in [6, 6.07) is 3.95. The van der Waals surface area contributed by atoms with Gasteiger partial charge in [-0.15, -0.1) is 13.2 Å². The standard InChI is InChI=1S/C22H18F7N5O5S/c1-20(31,21(24,25)26)19-32-17(33-39-19)12-6-15-16(7-13(12)23)40(36,37)9-14(30)18(35)34(15)8-10-2-4-11(5-3-10)38-22(27,28)29/h2-7,14H,8-9,30-31H2,1H3/t14-,20?/m0/s1. The fourth-order valence-corrected chi connectivity index (χ4v) is 5.26. The molecule has 0 radical (unpaired) electrons. The first-order valence-electron chi connectivity index (χ1n) is 11.0. The second-order valence-corrected chi connectivity index (χ2v) is 10.9. The topological polar surface area (TPSA) is 155 Å². The maximum atomic E-state index is 15.1. The Morgan fingerprint density at radius 3 is 2.33 bits per heavy atom. The summed E-state index contributed by atoms with van der Waals surface area (Å²) in [6.45, 7) is 0.0932. The molecular weight excluding hydrogens is 579 g/mol. The van der Waals surface area contributed by atoms with Crippen LogP contribution in [-0.2, 0) is 26.7 Å². The fourth-order valence-electron chi connectivity index (χ4n) is 3.70. The SMILES string of the molecule is CC(N)(c1nc(-c2cc3c(cc2F)S(=O)(=O)C[C@H](N)C(=O)N3Cc2ccc(OC(F)(F)F)cc2)no1)C(F)(F)F. The van der Waals surface area contributed by atoms with Crippen LogP contribution in [0, 0.1) is 5.82 Å². The zero-order chi connectivity index (χ0) is 29.8. The molecule has 1 aliphatic rings. The molecule has 1 aliphatic heterocycles. The van der Waals surface area contributed by atoms with Crippen LogP contribution in [0.25, 0.3) is 11.4 Å². The van der Waals surface area contributed by atoms with Crippen molar-refractivity contribution < 1.29 is 53.2 Å². The monoisotopic (exact) mass is 597 g/mol. The van der Waals surface area contributed by atoms with Crippen molar-refractivity contribution in [3.63, 3.8) is 0 Å². The summed E-state index contributed by atoms with van der Waals surface area (Å²) in [6.07, 6.45) is -9.99. The number of anilines is 1. The van der Waals surface area contributed by atoms with Crippen LogP contribution in [0.5, 0.6) is 5.75 Å². The summed E-state index contributed by atoms with van der Waals surface area (Å²) < 4.78 is 127. The number of nitrogens with two attached hydrogens (primary N) is 2. The Balaban J connectivity index is 1.81. The minimum atomic E-state index is -5.03. The van der Waals surface area contributed by atoms with Crippen molar-refractivity contribution in [3.8, 4) is 17.1 Å². The first-order valence-corrected chi connectivity index (χ1v) is 12.6. The highest BCUT2D eigenvalue weighted by atomic mass is 32.2. The largest absolute Gasteiger partial charge is 0.573 e. The number of halogens is 7. The van der Waals surface area contributed by atoms with Crippen LogP contribution in [0.3, 0.4) is 0 Å². The summed E-state index contributed by atoms with van der Waals surface area (Å²) in [7, 11) is -4.38. The Labute approximate surface area is 220 Å². The molecule has 216 valence electrons. The number of fused-ring (bicyclic) bond motifs is 1. The lowest BCUT2D eigenvalue weighted by atomic mass is 10.0. The molecule has 0 bridgehead atoms. The summed E-state index contributed by atoms with van der Waals surface area (Å²) in [4.78, 5) is 16.8. The molecule has 3 aromatic rings. The van der Waals surface area contributed by atoms with E-state index in [0.29, 0.717) is 13.0 Å². The molecule has 2 heterocycles. The van der Waals surface area contributed by atoms with Crippen molar-refractivity contribution in [2.75, 3.05) is 10.7 Å². The van der Waals surface area contributed by atoms with E-state index >= 15 is 4.39 Å². The molecule has 10 nitrogen and oxygen atoms in total. The second kappa shape index (κ2) is 9.70. The Morgan fingerprint density at radius 1 is 1.12 bits per heavy atom. The van der Waals surface area contributed by atoms with Crippen molar-refractivity contribution >= 4 is 21.4 Å². The number of benzene rings is 2. The lowest BCUT2D eigenvalue weighted by molar-refractivity contribution is -0.274. The van der Waals surface area contributed by atoms with Gasteiger partial charge in [-0.3, -0.25) is 4.79 Å². The summed E-state index contributed by atoms with van der Waals surface area (Å²) in [5.41, 5.74) is 7.06. The number of ether oxygens (including phenoxy) is 1. The second-order valence-electron chi connectivity index (χ2n) is 8.93. The molecule has 0 aliphatic carbocycles. The molecule has 0 spiro atoms. The molecule has 0 saturated carbocycles. The number of aromatic nitrogens is 2. The number of rotatable bonds is 5. The highest BCUT2D eigenvalue weighted by Gasteiger charge is 2.54. The van der Waals surface area contributed by atoms with Crippen molar-refractivity contribution in [2.45, 2.75) is 42.5 Å². The molecule has 1 aromatic heterocycles. The van der Waals surface area contributed by atoms with Gasteiger partial charge in [0.2, 0.25) is 11.7 Å². The number of sulfone groups is 1. The van der Waals surface area contributed by atoms with Crippen LogP contribution < -0.4 is 21.1 Å². The Morgan fingerprint density at radius 2 is 1.75 bits per heavy atom. The molecule has 18 heteroatoms. The molecule has 0 saturated heterocycles. The third-order valence-electron chi connectivity index (χ3n) is 5.85. The molecule has 1 amide bonds. The molecule has 2 atom stereocenters. The van der Waals surface area contributed by atoms with E-state index in [0.717, 1.165) is 35.2 Å². The van der Waals surface area contributed by atoms with E-state index in [-0.39, 0.29) is 5.56 Å². The van der Waals surface area contributed by atoms with E-state index in [1.165, 1.54) is 0 Å². The molecular formula is C22H18F7N5O5S. The van der Waals surface area contributed by atoms with E-state index in [1.807, 2.05) is 0 Å². The zero-order valence-corrected chi connectivity index (χ0v) is 20.9. The van der Waals surface area contributed by atoms with Crippen LogP contribution in [-0.4, -0.2) is 48.8 Å². The van der Waals surface area contributed by atoms with E-state index in [2.05, 4.69) is 19.4 Å². The lowest BCUT2D eigenvalue weighted by Crippen LogP contribution is -2.48. The van der Waals surface area contributed by atoms with Gasteiger partial charge in [0, 0.05) is 0 Å². The quantitative estimate of drug-likeness (QED) is 0.422. The summed E-state index contributed by atoms with van der Waals surface area (Å²) >= 11 is 0. The molecule has 2 aromatic carbocycles. The van der Waals surface area contributed by atoms with Gasteiger partial charge >= 0.3 is 12.5 Å². The molecule has 0 fully saturated rings. The number of hydrogen-bond acceptors (Lipinski definition) is 9. The number of nitrogens with zero attached hydrogens (tertiary/aromatic N) is 3. The predicted octanol–water partition coefficient (Wildman–Crippen LogP) is 3.16. The lowest BCUT2D eigenvalue weighted by Gasteiger charge is -2.25. The van der Waals surface area contributed by atoms with Gasteiger partial charge in [-0.1, -0.05) is 17.3 Å². The maximum Gasteiger partial charge on any atom is 0.573 e. The molecule has 4 N–H and O–H groups in total. The van der Waals surface area contributed by atoms with Crippen LogP contribution in [0.15, 0.2) is 45.8 Å². The average molecular weight is 597 g/mol. The van der Waals surface area contributed by atoms with Crippen molar-refractivity contribution in [1.82, 2.24) is 10.1 Å². The van der Waals surface area contributed by atoms with Gasteiger partial charge in [-0.05, 0) is 36.8 Å². The van der Waals surface area contributed by atoms with Crippen LogP contribution in [0.1, 0.15) is 18.4 Å². The number of carbonyl (C=O) groups is 1. The first kappa shape index (κ1) is 29.2. The normalized spacial score (nSPS) is 19.1. The van der Waals surface area contributed by atoms with Crippen LogP contribution in [0.2, 0.25) is 0 Å². The number of carbonyl (C=O) groups excluding carboxylic acids is 1. The number of amides is 1. The molecule has 40 heavy (non-hydrogen) atoms. The van der Waals surface area contributed by atoms with Gasteiger partial charge in [0.1, 0.15) is 11.6 Å². The summed E-state index contributed by atoms with van der Waals surface area (Å²) in [5.74, 6) is -5.55. The minimum absolute atomic E-state index is 0.192. The van der Waals surface area contributed by atoms with Crippen LogP contribution >= 0.6 is 0 Å². The highest BCUT2D eigenvalue weighted by molar-refractivity contribution is 7.91. The van der Waals surface area contributed by atoms with Gasteiger partial charge < -0.3 is 25.6 Å². The minimum Gasteiger partial charge on any atom is -0.406 e. The number of hydrogen-bond donors (Lipinski definition) is 2. The van der Waals surface area contributed by atoms with E-state index in [4.69, 9.17) is 11.5 Å². The van der Waals surface area contributed by atoms with E-state index in [1.54, 1.807) is 0 Å². The Kier molecular flexibility index (Phi) is 7.09. The van der Waals surface area contributed by atoms with Gasteiger partial charge in [-0.2, -0.15) is 18.2 Å². The van der Waals surface area contributed by atoms with Gasteiger partial charge in [0.15, 0.2) is 15.4 Å². The Bertz CT molecular complexity index is 1550. The highest BCUT2D eigenvalue weighted by Crippen LogP contribution is 2.39. The predicted molar refractivity (Wildman–Crippen MR) is 122 cm³/mol. The third kappa shape index (κ3) is 5.59. The van der Waals surface area contributed by atoms with Crippen molar-refractivity contribution in [1.29, 1.82) is 0 Å². The average Bonchev–Trinajstić information content (AvgIpc) is 3.30. The zero-order valence-electron chi connectivity index (χ0n) is 20.0. The van der Waals surface area contributed by atoms with Gasteiger partial charge in [-0.25, -0.2) is 12.8 Å². The first-order chi connectivity index (χ1) is 18.3. The number of alkyl halides is 6. The van der Waals surface area contributed by atoms with E-state index in [9.17, 15) is 39.6 Å². The van der Waals surface area contributed by atoms with Crippen molar-refractivity contribution in [2.24, 2.45) is 11.5 Å². The Hall–Kier alpha value is -3.77.